The third-order valence-electron chi connectivity index (χ3n) is 1.45. The highest BCUT2D eigenvalue weighted by Gasteiger charge is 2.04. The molecule has 0 saturated heterocycles. The molecule has 1 heterocycles. The molecule has 6 nitrogen and oxygen atoms in total. The second kappa shape index (κ2) is 3.70. The molecule has 0 amide bonds. The minimum atomic E-state index is -0.0805. The van der Waals surface area contributed by atoms with Crippen molar-refractivity contribution in [3.8, 4) is 0 Å². The van der Waals surface area contributed by atoms with Gasteiger partial charge < -0.3 is 16.0 Å². The minimum Gasteiger partial charge on any atom is -0.369 e. The van der Waals surface area contributed by atoms with E-state index in [9.17, 15) is 0 Å². The van der Waals surface area contributed by atoms with Gasteiger partial charge in [-0.2, -0.15) is 5.10 Å². The Morgan fingerprint density at radius 3 is 2.62 bits per heavy atom. The second-order valence-electron chi connectivity index (χ2n) is 2.51. The number of guanidine groups is 1. The number of hydrogen-bond acceptors (Lipinski definition) is 4. The third kappa shape index (κ3) is 2.29. The van der Waals surface area contributed by atoms with Crippen LogP contribution in [0.25, 0.3) is 0 Å². The first-order valence-corrected chi connectivity index (χ1v) is 3.66. The normalized spacial score (nSPS) is 10.6. The minimum absolute atomic E-state index is 0.0805. The average molecular weight is 181 g/mol. The molecule has 0 aliphatic rings. The van der Waals surface area contributed by atoms with Gasteiger partial charge in [0.15, 0.2) is 0 Å². The summed E-state index contributed by atoms with van der Waals surface area (Å²) < 4.78 is 4.90. The summed E-state index contributed by atoms with van der Waals surface area (Å²) in [6.07, 6.45) is 1.50. The topological polar surface area (TPSA) is 103 Å². The molecule has 4 N–H and O–H groups in total. The molecule has 0 aliphatic heterocycles. The first-order valence-electron chi connectivity index (χ1n) is 3.66. The quantitative estimate of drug-likeness (QED) is 0.377. The Labute approximate surface area is 75.3 Å². The summed E-state index contributed by atoms with van der Waals surface area (Å²) >= 11 is 0. The fourth-order valence-electron chi connectivity index (χ4n) is 0.828. The molecule has 1 aromatic heterocycles. The van der Waals surface area contributed by atoms with Crippen LogP contribution in [0.3, 0.4) is 0 Å². The smallest absolute Gasteiger partial charge is 0.211 e. The van der Waals surface area contributed by atoms with E-state index < -0.39 is 0 Å². The largest absolute Gasteiger partial charge is 0.369 e. The zero-order valence-electron chi connectivity index (χ0n) is 7.48. The molecule has 0 aromatic carbocycles. The first kappa shape index (κ1) is 9.24. The summed E-state index contributed by atoms with van der Waals surface area (Å²) in [5.74, 6) is 0.607. The Bertz CT molecular complexity index is 328. The summed E-state index contributed by atoms with van der Waals surface area (Å²) in [4.78, 5) is 0. The van der Waals surface area contributed by atoms with Gasteiger partial charge in [0.1, 0.15) is 5.76 Å². The highest BCUT2D eigenvalue weighted by Crippen LogP contribution is 2.08. The Balaban J connectivity index is 2.85. The number of hydrogen-bond donors (Lipinski definition) is 2. The predicted octanol–water partition coefficient (Wildman–Crippen LogP) is -0.101. The lowest BCUT2D eigenvalue weighted by Crippen LogP contribution is -2.21. The zero-order chi connectivity index (χ0) is 9.84. The van der Waals surface area contributed by atoms with Gasteiger partial charge in [-0.25, -0.2) is 0 Å². The summed E-state index contributed by atoms with van der Waals surface area (Å²) in [6.45, 7) is 3.60. The SMILES string of the molecule is Cc1noc(C)c1C=NN=C(N)N. The van der Waals surface area contributed by atoms with E-state index in [0.717, 1.165) is 11.3 Å². The van der Waals surface area contributed by atoms with Gasteiger partial charge in [-0.3, -0.25) is 0 Å². The van der Waals surface area contributed by atoms with Gasteiger partial charge in [0.25, 0.3) is 0 Å². The molecule has 0 spiro atoms. The van der Waals surface area contributed by atoms with Gasteiger partial charge in [-0.05, 0) is 13.8 Å². The molecule has 1 rings (SSSR count). The Hall–Kier alpha value is -1.85. The highest BCUT2D eigenvalue weighted by atomic mass is 16.5. The van der Waals surface area contributed by atoms with Gasteiger partial charge >= 0.3 is 0 Å². The summed E-state index contributed by atoms with van der Waals surface area (Å²) in [6, 6.07) is 0. The van der Waals surface area contributed by atoms with E-state index in [0.29, 0.717) is 5.76 Å². The third-order valence-corrected chi connectivity index (χ3v) is 1.45. The Morgan fingerprint density at radius 2 is 2.15 bits per heavy atom. The van der Waals surface area contributed by atoms with Gasteiger partial charge in [-0.1, -0.05) is 5.16 Å². The lowest BCUT2D eigenvalue weighted by Gasteiger charge is -1.86. The van der Waals surface area contributed by atoms with Crippen molar-refractivity contribution in [1.82, 2.24) is 5.16 Å². The fraction of sp³-hybridized carbons (Fsp3) is 0.286. The van der Waals surface area contributed by atoms with Gasteiger partial charge in [0.2, 0.25) is 5.96 Å². The molecule has 0 aliphatic carbocycles. The average Bonchev–Trinajstić information content (AvgIpc) is 2.34. The maximum absolute atomic E-state index is 5.08. The number of rotatable bonds is 2. The standard InChI is InChI=1S/C7H11N5O/c1-4-6(5(2)13-12-4)3-10-11-7(8)9/h3H,1-2H3,(H4,8,9,11). The Kier molecular flexibility index (Phi) is 2.63. The molecule has 0 fully saturated rings. The maximum Gasteiger partial charge on any atom is 0.211 e. The van der Waals surface area contributed by atoms with Crippen LogP contribution in [0, 0.1) is 13.8 Å². The van der Waals surface area contributed by atoms with E-state index in [1.165, 1.54) is 6.21 Å². The molecule has 0 atom stereocenters. The molecule has 0 unspecified atom stereocenters. The lowest BCUT2D eigenvalue weighted by atomic mass is 10.2. The number of aryl methyl sites for hydroxylation is 2. The molecule has 6 heteroatoms. The summed E-state index contributed by atoms with van der Waals surface area (Å²) in [5, 5.41) is 10.8. The monoisotopic (exact) mass is 181 g/mol. The van der Waals surface area contributed by atoms with Crippen LogP contribution >= 0.6 is 0 Å². The molecule has 0 bridgehead atoms. The van der Waals surface area contributed by atoms with Crippen molar-refractivity contribution in [2.24, 2.45) is 21.7 Å². The van der Waals surface area contributed by atoms with Crippen molar-refractivity contribution in [3.63, 3.8) is 0 Å². The van der Waals surface area contributed by atoms with Crippen LogP contribution < -0.4 is 11.5 Å². The van der Waals surface area contributed by atoms with Crippen LogP contribution in [0.5, 0.6) is 0 Å². The Morgan fingerprint density at radius 1 is 1.46 bits per heavy atom. The predicted molar refractivity (Wildman–Crippen MR) is 49.4 cm³/mol. The zero-order valence-corrected chi connectivity index (χ0v) is 7.48. The van der Waals surface area contributed by atoms with Crippen LogP contribution in [0.2, 0.25) is 0 Å². The number of nitrogens with two attached hydrogens (primary N) is 2. The van der Waals surface area contributed by atoms with E-state index >= 15 is 0 Å². The summed E-state index contributed by atoms with van der Waals surface area (Å²) in [7, 11) is 0. The molecule has 70 valence electrons. The highest BCUT2D eigenvalue weighted by molar-refractivity contribution is 5.83. The van der Waals surface area contributed by atoms with Crippen LogP contribution in [0.1, 0.15) is 17.0 Å². The molecule has 13 heavy (non-hydrogen) atoms. The van der Waals surface area contributed by atoms with Crippen molar-refractivity contribution in [1.29, 1.82) is 0 Å². The number of aromatic nitrogens is 1. The van der Waals surface area contributed by atoms with Crippen molar-refractivity contribution in [2.75, 3.05) is 0 Å². The van der Waals surface area contributed by atoms with E-state index in [-0.39, 0.29) is 5.96 Å². The van der Waals surface area contributed by atoms with Crippen LogP contribution in [0.15, 0.2) is 14.7 Å². The van der Waals surface area contributed by atoms with Crippen LogP contribution in [-0.2, 0) is 0 Å². The fourth-order valence-corrected chi connectivity index (χ4v) is 0.828. The van der Waals surface area contributed by atoms with E-state index in [1.807, 2.05) is 6.92 Å². The van der Waals surface area contributed by atoms with E-state index in [2.05, 4.69) is 15.4 Å². The first-order chi connectivity index (χ1) is 6.11. The van der Waals surface area contributed by atoms with Gasteiger partial charge in [-0.15, -0.1) is 5.10 Å². The number of nitrogens with zero attached hydrogens (tertiary/aromatic N) is 3. The molecule has 1 aromatic rings. The molecular formula is C7H11N5O. The van der Waals surface area contributed by atoms with E-state index in [1.54, 1.807) is 6.92 Å². The maximum atomic E-state index is 5.08. The van der Waals surface area contributed by atoms with Crippen LogP contribution in [0.4, 0.5) is 0 Å². The molecule has 0 radical (unpaired) electrons. The van der Waals surface area contributed by atoms with E-state index in [4.69, 9.17) is 16.0 Å². The van der Waals surface area contributed by atoms with Crippen molar-refractivity contribution < 1.29 is 4.52 Å². The van der Waals surface area contributed by atoms with Crippen molar-refractivity contribution in [3.05, 3.63) is 17.0 Å². The lowest BCUT2D eigenvalue weighted by molar-refractivity contribution is 0.393. The second-order valence-corrected chi connectivity index (χ2v) is 2.51. The molecule has 0 saturated carbocycles. The van der Waals surface area contributed by atoms with Crippen molar-refractivity contribution >= 4 is 12.2 Å². The van der Waals surface area contributed by atoms with Gasteiger partial charge in [0.05, 0.1) is 17.5 Å². The van der Waals surface area contributed by atoms with Gasteiger partial charge in [0, 0.05) is 0 Å². The molecular weight excluding hydrogens is 170 g/mol. The van der Waals surface area contributed by atoms with Crippen LogP contribution in [-0.4, -0.2) is 17.3 Å². The van der Waals surface area contributed by atoms with Crippen molar-refractivity contribution in [2.45, 2.75) is 13.8 Å². The summed E-state index contributed by atoms with van der Waals surface area (Å²) in [5.41, 5.74) is 11.7.